The SMILES string of the molecule is Cc1cccc(SCC(=O)Cc2ccc(Cl)cc2Cl)c1. The summed E-state index contributed by atoms with van der Waals surface area (Å²) in [5, 5.41) is 1.13. The summed E-state index contributed by atoms with van der Waals surface area (Å²) in [4.78, 5) is 13.1. The fourth-order valence-electron chi connectivity index (χ4n) is 1.80. The van der Waals surface area contributed by atoms with E-state index in [-0.39, 0.29) is 5.78 Å². The molecule has 0 saturated carbocycles. The van der Waals surface area contributed by atoms with Crippen molar-refractivity contribution in [1.29, 1.82) is 0 Å². The van der Waals surface area contributed by atoms with E-state index in [1.165, 1.54) is 5.56 Å². The third-order valence-corrected chi connectivity index (χ3v) is 4.43. The van der Waals surface area contributed by atoms with E-state index in [2.05, 4.69) is 6.07 Å². The highest BCUT2D eigenvalue weighted by atomic mass is 35.5. The van der Waals surface area contributed by atoms with Gasteiger partial charge in [-0.05, 0) is 36.8 Å². The molecule has 2 aromatic carbocycles. The maximum Gasteiger partial charge on any atom is 0.147 e. The first-order valence-electron chi connectivity index (χ1n) is 6.19. The molecule has 0 aliphatic carbocycles. The zero-order chi connectivity index (χ0) is 14.5. The molecule has 20 heavy (non-hydrogen) atoms. The zero-order valence-corrected chi connectivity index (χ0v) is 13.4. The normalized spacial score (nSPS) is 10.6. The number of carbonyl (C=O) groups excluding carboxylic acids is 1. The predicted molar refractivity (Wildman–Crippen MR) is 87.1 cm³/mol. The predicted octanol–water partition coefficient (Wildman–Crippen LogP) is 5.21. The van der Waals surface area contributed by atoms with E-state index in [9.17, 15) is 4.79 Å². The van der Waals surface area contributed by atoms with Crippen molar-refractivity contribution in [2.45, 2.75) is 18.2 Å². The Morgan fingerprint density at radius 1 is 1.15 bits per heavy atom. The number of Topliss-reactive ketones (excluding diaryl/α,β-unsaturated/α-hetero) is 1. The van der Waals surface area contributed by atoms with Gasteiger partial charge in [0.15, 0.2) is 0 Å². The molecule has 0 aliphatic heterocycles. The Kier molecular flexibility index (Phi) is 5.53. The van der Waals surface area contributed by atoms with Crippen LogP contribution >= 0.6 is 35.0 Å². The highest BCUT2D eigenvalue weighted by Gasteiger charge is 2.08. The van der Waals surface area contributed by atoms with Crippen LogP contribution < -0.4 is 0 Å². The number of rotatable bonds is 5. The third kappa shape index (κ3) is 4.55. The number of hydrogen-bond donors (Lipinski definition) is 0. The van der Waals surface area contributed by atoms with Gasteiger partial charge in [0.1, 0.15) is 5.78 Å². The summed E-state index contributed by atoms with van der Waals surface area (Å²) in [6.45, 7) is 2.04. The second-order valence-corrected chi connectivity index (χ2v) is 6.45. The lowest BCUT2D eigenvalue weighted by Crippen LogP contribution is -2.06. The quantitative estimate of drug-likeness (QED) is 0.702. The second-order valence-electron chi connectivity index (χ2n) is 4.56. The van der Waals surface area contributed by atoms with Crippen molar-refractivity contribution in [3.8, 4) is 0 Å². The molecule has 0 aromatic heterocycles. The van der Waals surface area contributed by atoms with Gasteiger partial charge in [-0.25, -0.2) is 0 Å². The van der Waals surface area contributed by atoms with Crippen LogP contribution in [0.1, 0.15) is 11.1 Å². The molecular formula is C16H14Cl2OS. The Morgan fingerprint density at radius 3 is 2.65 bits per heavy atom. The Morgan fingerprint density at radius 2 is 1.95 bits per heavy atom. The minimum absolute atomic E-state index is 0.153. The maximum absolute atomic E-state index is 12.0. The van der Waals surface area contributed by atoms with Gasteiger partial charge in [0.25, 0.3) is 0 Å². The molecule has 104 valence electrons. The Hall–Kier alpha value is -0.960. The summed E-state index contributed by atoms with van der Waals surface area (Å²) in [6.07, 6.45) is 0.342. The largest absolute Gasteiger partial charge is 0.298 e. The molecular weight excluding hydrogens is 311 g/mol. The molecule has 0 heterocycles. The molecule has 4 heteroatoms. The van der Waals surface area contributed by atoms with Gasteiger partial charge in [0.05, 0.1) is 5.75 Å². The highest BCUT2D eigenvalue weighted by Crippen LogP contribution is 2.23. The van der Waals surface area contributed by atoms with E-state index >= 15 is 0 Å². The van der Waals surface area contributed by atoms with Crippen molar-refractivity contribution >= 4 is 40.7 Å². The number of halogens is 2. The summed E-state index contributed by atoms with van der Waals surface area (Å²) >= 11 is 13.5. The molecule has 0 unspecified atom stereocenters. The van der Waals surface area contributed by atoms with Gasteiger partial charge in [-0.15, -0.1) is 11.8 Å². The fraction of sp³-hybridized carbons (Fsp3) is 0.188. The number of thioether (sulfide) groups is 1. The number of hydrogen-bond acceptors (Lipinski definition) is 2. The summed E-state index contributed by atoms with van der Waals surface area (Å²) in [5.41, 5.74) is 2.02. The lowest BCUT2D eigenvalue weighted by Gasteiger charge is -2.05. The van der Waals surface area contributed by atoms with Crippen LogP contribution in [0.4, 0.5) is 0 Å². The van der Waals surface area contributed by atoms with E-state index in [4.69, 9.17) is 23.2 Å². The average molecular weight is 325 g/mol. The maximum atomic E-state index is 12.0. The Bertz CT molecular complexity index is 626. The Labute approximate surface area is 133 Å². The van der Waals surface area contributed by atoms with Crippen LogP contribution in [0.3, 0.4) is 0 Å². The zero-order valence-electron chi connectivity index (χ0n) is 11.0. The van der Waals surface area contributed by atoms with Crippen molar-refractivity contribution in [2.24, 2.45) is 0 Å². The summed E-state index contributed by atoms with van der Waals surface area (Å²) in [7, 11) is 0. The van der Waals surface area contributed by atoms with Crippen molar-refractivity contribution in [2.75, 3.05) is 5.75 Å². The van der Waals surface area contributed by atoms with E-state index in [0.29, 0.717) is 22.2 Å². The molecule has 0 aliphatic rings. The molecule has 0 saturated heterocycles. The number of carbonyl (C=O) groups is 1. The van der Waals surface area contributed by atoms with E-state index < -0.39 is 0 Å². The van der Waals surface area contributed by atoms with Gasteiger partial charge in [0.2, 0.25) is 0 Å². The van der Waals surface area contributed by atoms with Crippen molar-refractivity contribution in [1.82, 2.24) is 0 Å². The van der Waals surface area contributed by atoms with Crippen LogP contribution in [0.5, 0.6) is 0 Å². The summed E-state index contributed by atoms with van der Waals surface area (Å²) in [6, 6.07) is 13.4. The lowest BCUT2D eigenvalue weighted by atomic mass is 10.1. The van der Waals surface area contributed by atoms with Crippen molar-refractivity contribution in [3.63, 3.8) is 0 Å². The standard InChI is InChI=1S/C16H14Cl2OS/c1-11-3-2-4-15(7-11)20-10-14(19)8-12-5-6-13(17)9-16(12)18/h2-7,9H,8,10H2,1H3. The molecule has 2 aromatic rings. The van der Waals surface area contributed by atoms with Gasteiger partial charge < -0.3 is 0 Å². The highest BCUT2D eigenvalue weighted by molar-refractivity contribution is 8.00. The van der Waals surface area contributed by atoms with Crippen molar-refractivity contribution in [3.05, 3.63) is 63.6 Å². The van der Waals surface area contributed by atoms with Crippen molar-refractivity contribution < 1.29 is 4.79 Å². The average Bonchev–Trinajstić information content (AvgIpc) is 2.40. The lowest BCUT2D eigenvalue weighted by molar-refractivity contribution is -0.116. The summed E-state index contributed by atoms with van der Waals surface area (Å²) in [5.74, 6) is 0.600. The molecule has 1 nitrogen and oxygen atoms in total. The smallest absolute Gasteiger partial charge is 0.147 e. The number of benzene rings is 2. The molecule has 0 atom stereocenters. The molecule has 0 fully saturated rings. The van der Waals surface area contributed by atoms with Crippen LogP contribution in [0.15, 0.2) is 47.4 Å². The molecule has 0 bridgehead atoms. The number of aryl methyl sites for hydroxylation is 1. The minimum atomic E-state index is 0.153. The molecule has 0 N–H and O–H groups in total. The van der Waals surface area contributed by atoms with Crippen LogP contribution in [0.2, 0.25) is 10.0 Å². The second kappa shape index (κ2) is 7.16. The van der Waals surface area contributed by atoms with Gasteiger partial charge in [0, 0.05) is 21.4 Å². The van der Waals surface area contributed by atoms with E-state index in [0.717, 1.165) is 10.5 Å². The van der Waals surface area contributed by atoms with E-state index in [1.807, 2.05) is 25.1 Å². The first-order chi connectivity index (χ1) is 9.54. The minimum Gasteiger partial charge on any atom is -0.298 e. The molecule has 0 radical (unpaired) electrons. The molecule has 0 amide bonds. The number of ketones is 1. The van der Waals surface area contributed by atoms with Gasteiger partial charge in [-0.3, -0.25) is 4.79 Å². The molecule has 0 spiro atoms. The monoisotopic (exact) mass is 324 g/mol. The van der Waals surface area contributed by atoms with Crippen LogP contribution in [0.25, 0.3) is 0 Å². The van der Waals surface area contributed by atoms with E-state index in [1.54, 1.807) is 30.0 Å². The van der Waals surface area contributed by atoms with Gasteiger partial charge in [-0.1, -0.05) is 47.0 Å². The van der Waals surface area contributed by atoms with Gasteiger partial charge >= 0.3 is 0 Å². The third-order valence-electron chi connectivity index (χ3n) is 2.79. The topological polar surface area (TPSA) is 17.1 Å². The van der Waals surface area contributed by atoms with Crippen LogP contribution in [0, 0.1) is 6.92 Å². The van der Waals surface area contributed by atoms with Crippen LogP contribution in [-0.4, -0.2) is 11.5 Å². The fourth-order valence-corrected chi connectivity index (χ4v) is 3.15. The molecule has 2 rings (SSSR count). The summed E-state index contributed by atoms with van der Waals surface area (Å²) < 4.78 is 0. The first-order valence-corrected chi connectivity index (χ1v) is 7.94. The first kappa shape index (κ1) is 15.4. The Balaban J connectivity index is 1.92. The van der Waals surface area contributed by atoms with Crippen LogP contribution in [-0.2, 0) is 11.2 Å². The van der Waals surface area contributed by atoms with Gasteiger partial charge in [-0.2, -0.15) is 0 Å².